The van der Waals surface area contributed by atoms with E-state index in [2.05, 4.69) is 141 Å². The lowest BCUT2D eigenvalue weighted by Gasteiger charge is -2.33. The zero-order valence-electron chi connectivity index (χ0n) is 23.9. The summed E-state index contributed by atoms with van der Waals surface area (Å²) in [4.78, 5) is 2.52. The Morgan fingerprint density at radius 3 is 1.95 bits per heavy atom. The van der Waals surface area contributed by atoms with E-state index in [1.807, 2.05) is 0 Å². The Hall–Kier alpha value is -4.60. The zero-order chi connectivity index (χ0) is 28.0. The summed E-state index contributed by atoms with van der Waals surface area (Å²) < 4.78 is 0. The summed E-state index contributed by atoms with van der Waals surface area (Å²) in [5.41, 5.74) is 16.4. The van der Waals surface area contributed by atoms with Gasteiger partial charge in [0.05, 0.1) is 5.69 Å². The molecule has 0 spiro atoms. The van der Waals surface area contributed by atoms with Gasteiger partial charge in [-0.2, -0.15) is 0 Å². The number of benzene rings is 7. The van der Waals surface area contributed by atoms with Crippen LogP contribution in [0.1, 0.15) is 11.1 Å². The Kier molecular flexibility index (Phi) is 4.99. The number of anilines is 4. The van der Waals surface area contributed by atoms with Crippen LogP contribution in [0.4, 0.5) is 22.7 Å². The van der Waals surface area contributed by atoms with Crippen LogP contribution < -0.4 is 21.0 Å². The molecule has 0 unspecified atom stereocenters. The molecule has 0 saturated heterocycles. The van der Waals surface area contributed by atoms with Gasteiger partial charge in [0, 0.05) is 27.8 Å². The highest BCUT2D eigenvalue weighted by Crippen LogP contribution is 2.47. The van der Waals surface area contributed by atoms with Crippen LogP contribution in [0.5, 0.6) is 0 Å². The van der Waals surface area contributed by atoms with Crippen LogP contribution in [-0.2, 0) is 0 Å². The second kappa shape index (κ2) is 8.45. The molecule has 1 aliphatic heterocycles. The van der Waals surface area contributed by atoms with Gasteiger partial charge in [0.15, 0.2) is 0 Å². The van der Waals surface area contributed by atoms with Crippen molar-refractivity contribution in [3.8, 4) is 11.1 Å². The van der Waals surface area contributed by atoms with Gasteiger partial charge in [0.1, 0.15) is 8.07 Å². The number of nitrogens with two attached hydrogens (primary N) is 1. The van der Waals surface area contributed by atoms with Crippen LogP contribution in [0.25, 0.3) is 43.4 Å². The Bertz CT molecular complexity index is 2140. The number of hydrogen-bond donors (Lipinski definition) is 1. The molecule has 0 radical (unpaired) electrons. The first-order chi connectivity index (χ1) is 19.9. The van der Waals surface area contributed by atoms with E-state index in [-0.39, 0.29) is 0 Å². The minimum absolute atomic E-state index is 0.846. The summed E-state index contributed by atoms with van der Waals surface area (Å²) in [6, 6.07) is 40.4. The average Bonchev–Trinajstić information content (AvgIpc) is 3.22. The minimum Gasteiger partial charge on any atom is -0.398 e. The molecule has 0 amide bonds. The molecule has 0 aliphatic carbocycles. The van der Waals surface area contributed by atoms with Gasteiger partial charge in [-0.1, -0.05) is 92.0 Å². The molecule has 8 rings (SSSR count). The van der Waals surface area contributed by atoms with Crippen molar-refractivity contribution in [1.82, 2.24) is 0 Å². The van der Waals surface area contributed by atoms with Crippen molar-refractivity contribution in [3.63, 3.8) is 0 Å². The van der Waals surface area contributed by atoms with Crippen LogP contribution in [0, 0.1) is 13.8 Å². The maximum atomic E-state index is 6.61. The Balaban J connectivity index is 1.51. The minimum atomic E-state index is -1.97. The molecule has 0 fully saturated rings. The second-order valence-electron chi connectivity index (χ2n) is 12.1. The molecule has 0 bridgehead atoms. The van der Waals surface area contributed by atoms with E-state index in [1.54, 1.807) is 0 Å². The topological polar surface area (TPSA) is 29.3 Å². The van der Waals surface area contributed by atoms with Gasteiger partial charge in [-0.3, -0.25) is 0 Å². The number of nitrogen functional groups attached to an aromatic ring is 1. The summed E-state index contributed by atoms with van der Waals surface area (Å²) in [5.74, 6) is 0. The summed E-state index contributed by atoms with van der Waals surface area (Å²) in [6.07, 6.45) is 0. The molecule has 2 N–H and O–H groups in total. The largest absolute Gasteiger partial charge is 0.398 e. The number of nitrogens with zero attached hydrogens (tertiary/aromatic N) is 1. The van der Waals surface area contributed by atoms with Crippen molar-refractivity contribution in [1.29, 1.82) is 0 Å². The van der Waals surface area contributed by atoms with Crippen molar-refractivity contribution in [2.45, 2.75) is 26.9 Å². The number of fused-ring (bicyclic) bond motifs is 3. The van der Waals surface area contributed by atoms with Gasteiger partial charge in [-0.25, -0.2) is 0 Å². The third-order valence-corrected chi connectivity index (χ3v) is 12.9. The zero-order valence-corrected chi connectivity index (χ0v) is 24.9. The highest BCUT2D eigenvalue weighted by molar-refractivity contribution is 7.04. The standard InChI is InChI=1S/C38H32N2Si/c1-23-21-32(39)30-19-17-27-24(2)22-34(31-20-18-26(23)36(30)37(27)31)40(25-11-6-5-7-12-25)33-15-10-14-29-28-13-8-9-16-35(28)41(3,4)38(29)33/h5-22H,39H2,1-4H3. The fourth-order valence-corrected chi connectivity index (χ4v) is 10.9. The highest BCUT2D eigenvalue weighted by atomic mass is 28.3. The van der Waals surface area contributed by atoms with E-state index in [0.29, 0.717) is 0 Å². The quantitative estimate of drug-likeness (QED) is 0.137. The van der Waals surface area contributed by atoms with Gasteiger partial charge in [-0.15, -0.1) is 0 Å². The van der Waals surface area contributed by atoms with E-state index in [0.717, 1.165) is 11.1 Å². The predicted molar refractivity (Wildman–Crippen MR) is 181 cm³/mol. The van der Waals surface area contributed by atoms with Crippen LogP contribution in [0.3, 0.4) is 0 Å². The lowest BCUT2D eigenvalue weighted by molar-refractivity contribution is 1.30. The summed E-state index contributed by atoms with van der Waals surface area (Å²) in [6.45, 7) is 9.43. The van der Waals surface area contributed by atoms with E-state index in [4.69, 9.17) is 5.73 Å². The molecule has 198 valence electrons. The SMILES string of the molecule is Cc1cc(N)c2ccc3c(C)cc(N(c4ccccc4)c4cccc5c4[Si](C)(C)c4ccccc4-5)c4ccc1c2c34. The van der Waals surface area contributed by atoms with Crippen molar-refractivity contribution >= 4 is 73.5 Å². The summed E-state index contributed by atoms with van der Waals surface area (Å²) in [5, 5.41) is 10.6. The third kappa shape index (κ3) is 3.24. The van der Waals surface area contributed by atoms with E-state index < -0.39 is 8.07 Å². The number of rotatable bonds is 3. The van der Waals surface area contributed by atoms with Gasteiger partial charge in [-0.05, 0) is 98.4 Å². The first-order valence-corrected chi connectivity index (χ1v) is 17.4. The molecule has 0 atom stereocenters. The smallest absolute Gasteiger partial charge is 0.116 e. The maximum absolute atomic E-state index is 6.61. The van der Waals surface area contributed by atoms with Crippen molar-refractivity contribution in [3.05, 3.63) is 120 Å². The fraction of sp³-hybridized carbons (Fsp3) is 0.105. The molecular weight excluding hydrogens is 513 g/mol. The van der Waals surface area contributed by atoms with Crippen LogP contribution in [-0.4, -0.2) is 8.07 Å². The van der Waals surface area contributed by atoms with E-state index >= 15 is 0 Å². The molecule has 1 aliphatic rings. The predicted octanol–water partition coefficient (Wildman–Crippen LogP) is 9.06. The molecule has 2 nitrogen and oxygen atoms in total. The average molecular weight is 545 g/mol. The van der Waals surface area contributed by atoms with Crippen molar-refractivity contribution < 1.29 is 0 Å². The lowest BCUT2D eigenvalue weighted by Crippen LogP contribution is -2.50. The van der Waals surface area contributed by atoms with E-state index in [1.165, 1.54) is 76.6 Å². The maximum Gasteiger partial charge on any atom is 0.116 e. The molecule has 1 heterocycles. The number of para-hydroxylation sites is 1. The summed E-state index contributed by atoms with van der Waals surface area (Å²) >= 11 is 0. The van der Waals surface area contributed by atoms with Gasteiger partial charge in [0.25, 0.3) is 0 Å². The third-order valence-electron chi connectivity index (χ3n) is 9.38. The normalized spacial score (nSPS) is 13.7. The molecule has 0 aromatic heterocycles. The van der Waals surface area contributed by atoms with Crippen molar-refractivity contribution in [2.24, 2.45) is 0 Å². The monoisotopic (exact) mass is 544 g/mol. The van der Waals surface area contributed by atoms with Crippen LogP contribution in [0.2, 0.25) is 13.1 Å². The van der Waals surface area contributed by atoms with Gasteiger partial charge in [0.2, 0.25) is 0 Å². The molecule has 7 aromatic rings. The first-order valence-electron chi connectivity index (χ1n) is 14.4. The number of aryl methyl sites for hydroxylation is 2. The molecular formula is C38H32N2Si. The molecule has 0 saturated carbocycles. The van der Waals surface area contributed by atoms with Crippen LogP contribution >= 0.6 is 0 Å². The fourth-order valence-electron chi connectivity index (χ4n) is 7.53. The molecule has 3 heteroatoms. The first kappa shape index (κ1) is 24.2. The van der Waals surface area contributed by atoms with Crippen molar-refractivity contribution in [2.75, 3.05) is 10.6 Å². The van der Waals surface area contributed by atoms with Crippen LogP contribution in [0.15, 0.2) is 109 Å². The van der Waals surface area contributed by atoms with E-state index in [9.17, 15) is 0 Å². The molecule has 41 heavy (non-hydrogen) atoms. The number of hydrogen-bond acceptors (Lipinski definition) is 2. The van der Waals surface area contributed by atoms with Gasteiger partial charge >= 0.3 is 0 Å². The summed E-state index contributed by atoms with van der Waals surface area (Å²) in [7, 11) is -1.97. The lowest BCUT2D eigenvalue weighted by atomic mass is 9.88. The Morgan fingerprint density at radius 2 is 1.17 bits per heavy atom. The second-order valence-corrected chi connectivity index (χ2v) is 16.4. The van der Waals surface area contributed by atoms with Gasteiger partial charge < -0.3 is 10.6 Å². The Morgan fingerprint density at radius 1 is 0.561 bits per heavy atom. The highest BCUT2D eigenvalue weighted by Gasteiger charge is 2.40. The molecule has 7 aromatic carbocycles. The Labute approximate surface area is 242 Å².